The number of ether oxygens (including phenoxy) is 4. The van der Waals surface area contributed by atoms with E-state index in [1.54, 1.807) is 62.6 Å². The SMILES string of the molecule is COc1ccc(C(=O)N(CCN2CCOCC2)CC(=O)N2N=C(c3ccccc3Cl)CC2c2cc(OC)ccc2OC)cc1. The van der Waals surface area contributed by atoms with Gasteiger partial charge >= 0.3 is 0 Å². The van der Waals surface area contributed by atoms with Crippen LogP contribution >= 0.6 is 11.6 Å². The molecule has 2 heterocycles. The molecule has 1 unspecified atom stereocenters. The number of morpholine rings is 1. The fourth-order valence-corrected chi connectivity index (χ4v) is 5.68. The summed E-state index contributed by atoms with van der Waals surface area (Å²) in [5, 5.41) is 6.80. The van der Waals surface area contributed by atoms with Crippen molar-refractivity contribution in [1.82, 2.24) is 14.8 Å². The molecule has 10 nitrogen and oxygen atoms in total. The van der Waals surface area contributed by atoms with Crippen molar-refractivity contribution in [2.75, 3.05) is 67.3 Å². The van der Waals surface area contributed by atoms with E-state index in [2.05, 4.69) is 4.90 Å². The molecule has 11 heteroatoms. The molecule has 0 aromatic heterocycles. The number of amides is 2. The van der Waals surface area contributed by atoms with E-state index in [-0.39, 0.29) is 18.4 Å². The minimum absolute atomic E-state index is 0.169. The molecule has 0 spiro atoms. The summed E-state index contributed by atoms with van der Waals surface area (Å²) in [5.41, 5.74) is 2.62. The van der Waals surface area contributed by atoms with Crippen LogP contribution in [0.5, 0.6) is 17.2 Å². The second kappa shape index (κ2) is 14.6. The molecule has 44 heavy (non-hydrogen) atoms. The monoisotopic (exact) mass is 620 g/mol. The standard InChI is InChI=1S/C33H37ClN4O6/c1-41-24-10-8-23(9-11-24)33(40)37(15-14-36-16-18-44-19-17-36)22-32(39)38-30(27-20-25(42-2)12-13-31(27)43-3)21-29(35-38)26-6-4-5-7-28(26)34/h4-13,20,30H,14-19,21-22H2,1-3H3. The second-order valence-corrected chi connectivity index (χ2v) is 10.9. The third-order valence-corrected chi connectivity index (χ3v) is 8.22. The molecule has 2 aliphatic heterocycles. The first-order valence-electron chi connectivity index (χ1n) is 14.5. The van der Waals surface area contributed by atoms with Gasteiger partial charge in [0.1, 0.15) is 23.8 Å². The van der Waals surface area contributed by atoms with Crippen LogP contribution in [0.1, 0.15) is 33.9 Å². The van der Waals surface area contributed by atoms with Gasteiger partial charge in [0.2, 0.25) is 0 Å². The van der Waals surface area contributed by atoms with E-state index < -0.39 is 6.04 Å². The van der Waals surface area contributed by atoms with Crippen LogP contribution in [0.4, 0.5) is 0 Å². The van der Waals surface area contributed by atoms with E-state index in [4.69, 9.17) is 35.6 Å². The van der Waals surface area contributed by atoms with Crippen LogP contribution in [0, 0.1) is 0 Å². The maximum Gasteiger partial charge on any atom is 0.262 e. The van der Waals surface area contributed by atoms with Gasteiger partial charge in [-0.1, -0.05) is 29.8 Å². The van der Waals surface area contributed by atoms with Crippen LogP contribution in [-0.2, 0) is 9.53 Å². The molecular weight excluding hydrogens is 584 g/mol. The summed E-state index contributed by atoms with van der Waals surface area (Å²) in [7, 11) is 4.75. The van der Waals surface area contributed by atoms with Gasteiger partial charge in [0, 0.05) is 54.3 Å². The number of methoxy groups -OCH3 is 3. The van der Waals surface area contributed by atoms with E-state index in [9.17, 15) is 9.59 Å². The summed E-state index contributed by atoms with van der Waals surface area (Å²) in [4.78, 5) is 31.8. The molecule has 1 saturated heterocycles. The van der Waals surface area contributed by atoms with Crippen LogP contribution < -0.4 is 14.2 Å². The molecule has 3 aromatic carbocycles. The zero-order chi connectivity index (χ0) is 31.1. The van der Waals surface area contributed by atoms with E-state index >= 15 is 0 Å². The first-order valence-corrected chi connectivity index (χ1v) is 14.9. The van der Waals surface area contributed by atoms with Crippen molar-refractivity contribution in [3.05, 3.63) is 88.4 Å². The van der Waals surface area contributed by atoms with Crippen LogP contribution in [0.2, 0.25) is 5.02 Å². The molecule has 2 aliphatic rings. The minimum atomic E-state index is -0.504. The molecule has 3 aromatic rings. The highest BCUT2D eigenvalue weighted by molar-refractivity contribution is 6.34. The Morgan fingerprint density at radius 2 is 1.66 bits per heavy atom. The maximum atomic E-state index is 14.2. The Labute approximate surface area is 262 Å². The average Bonchev–Trinajstić information content (AvgIpc) is 3.52. The van der Waals surface area contributed by atoms with Crippen molar-refractivity contribution in [3.63, 3.8) is 0 Å². The zero-order valence-corrected chi connectivity index (χ0v) is 26.0. The third kappa shape index (κ3) is 7.15. The van der Waals surface area contributed by atoms with Crippen LogP contribution in [-0.4, -0.2) is 99.6 Å². The summed E-state index contributed by atoms with van der Waals surface area (Å²) in [6.45, 7) is 3.63. The lowest BCUT2D eigenvalue weighted by Gasteiger charge is -2.31. The van der Waals surface area contributed by atoms with Crippen molar-refractivity contribution in [1.29, 1.82) is 0 Å². The summed E-state index contributed by atoms with van der Waals surface area (Å²) >= 11 is 6.56. The highest BCUT2D eigenvalue weighted by atomic mass is 35.5. The van der Waals surface area contributed by atoms with Gasteiger partial charge in [0.05, 0.1) is 46.3 Å². The van der Waals surface area contributed by atoms with Gasteiger partial charge < -0.3 is 23.8 Å². The summed E-state index contributed by atoms with van der Waals surface area (Å²) in [5.74, 6) is 1.29. The number of nitrogens with zero attached hydrogens (tertiary/aromatic N) is 4. The fourth-order valence-electron chi connectivity index (χ4n) is 5.43. The number of carbonyl (C=O) groups excluding carboxylic acids is 2. The molecule has 0 N–H and O–H groups in total. The summed E-state index contributed by atoms with van der Waals surface area (Å²) in [6.07, 6.45) is 0.402. The lowest BCUT2D eigenvalue weighted by Crippen LogP contribution is -2.46. The molecule has 2 amide bonds. The molecule has 0 bridgehead atoms. The predicted molar refractivity (Wildman–Crippen MR) is 168 cm³/mol. The summed E-state index contributed by atoms with van der Waals surface area (Å²) < 4.78 is 21.9. The number of rotatable bonds is 11. The Balaban J connectivity index is 1.47. The van der Waals surface area contributed by atoms with Gasteiger partial charge in [-0.3, -0.25) is 14.5 Å². The van der Waals surface area contributed by atoms with E-state index in [1.807, 2.05) is 30.3 Å². The van der Waals surface area contributed by atoms with Crippen molar-refractivity contribution < 1.29 is 28.5 Å². The van der Waals surface area contributed by atoms with Crippen LogP contribution in [0.15, 0.2) is 71.8 Å². The third-order valence-electron chi connectivity index (χ3n) is 7.89. The number of hydrazone groups is 1. The molecule has 1 fully saturated rings. The van der Waals surface area contributed by atoms with Gasteiger partial charge in [-0.05, 0) is 48.5 Å². The largest absolute Gasteiger partial charge is 0.497 e. The van der Waals surface area contributed by atoms with Gasteiger partial charge in [0.15, 0.2) is 0 Å². The molecule has 5 rings (SSSR count). The molecule has 232 valence electrons. The van der Waals surface area contributed by atoms with Gasteiger partial charge in [-0.2, -0.15) is 5.10 Å². The van der Waals surface area contributed by atoms with E-state index in [1.165, 1.54) is 5.01 Å². The Morgan fingerprint density at radius 1 is 0.955 bits per heavy atom. The number of benzene rings is 3. The average molecular weight is 621 g/mol. The van der Waals surface area contributed by atoms with Crippen molar-refractivity contribution in [3.8, 4) is 17.2 Å². The lowest BCUT2D eigenvalue weighted by atomic mass is 9.97. The molecule has 0 saturated carbocycles. The van der Waals surface area contributed by atoms with Crippen molar-refractivity contribution in [2.24, 2.45) is 5.10 Å². The minimum Gasteiger partial charge on any atom is -0.497 e. The topological polar surface area (TPSA) is 93.1 Å². The summed E-state index contributed by atoms with van der Waals surface area (Å²) in [6, 6.07) is 19.3. The zero-order valence-electron chi connectivity index (χ0n) is 25.2. The van der Waals surface area contributed by atoms with Gasteiger partial charge in [0.25, 0.3) is 11.8 Å². The molecule has 1 atom stereocenters. The lowest BCUT2D eigenvalue weighted by molar-refractivity contribution is -0.133. The van der Waals surface area contributed by atoms with Gasteiger partial charge in [-0.25, -0.2) is 5.01 Å². The first kappa shape index (κ1) is 31.3. The number of hydrogen-bond donors (Lipinski definition) is 0. The van der Waals surface area contributed by atoms with Crippen LogP contribution in [0.3, 0.4) is 0 Å². The number of halogens is 1. The van der Waals surface area contributed by atoms with Gasteiger partial charge in [-0.15, -0.1) is 0 Å². The normalized spacial score (nSPS) is 16.8. The number of carbonyl (C=O) groups is 2. The highest BCUT2D eigenvalue weighted by Crippen LogP contribution is 2.40. The molecule has 0 radical (unpaired) electrons. The van der Waals surface area contributed by atoms with E-state index in [0.29, 0.717) is 66.3 Å². The van der Waals surface area contributed by atoms with Crippen molar-refractivity contribution >= 4 is 29.1 Å². The first-order chi connectivity index (χ1) is 21.4. The maximum absolute atomic E-state index is 14.2. The predicted octanol–water partition coefficient (Wildman–Crippen LogP) is 4.52. The van der Waals surface area contributed by atoms with E-state index in [0.717, 1.165) is 24.2 Å². The Morgan fingerprint density at radius 3 is 2.34 bits per heavy atom. The van der Waals surface area contributed by atoms with Crippen LogP contribution in [0.25, 0.3) is 0 Å². The fraction of sp³-hybridized carbons (Fsp3) is 0.364. The quantitative estimate of drug-likeness (QED) is 0.311. The number of hydrogen-bond acceptors (Lipinski definition) is 8. The second-order valence-electron chi connectivity index (χ2n) is 10.5. The Kier molecular flexibility index (Phi) is 10.4. The molecular formula is C33H37ClN4O6. The molecule has 0 aliphatic carbocycles. The Hall–Kier alpha value is -4.12. The highest BCUT2D eigenvalue weighted by Gasteiger charge is 2.37. The Bertz CT molecular complexity index is 1490. The smallest absolute Gasteiger partial charge is 0.262 e. The van der Waals surface area contributed by atoms with Crippen molar-refractivity contribution in [2.45, 2.75) is 12.5 Å².